The van der Waals surface area contributed by atoms with Crippen LogP contribution in [0.15, 0.2) is 24.3 Å². The Kier molecular flexibility index (Phi) is 5.30. The predicted molar refractivity (Wildman–Crippen MR) is 70.2 cm³/mol. The lowest BCUT2D eigenvalue weighted by Crippen LogP contribution is -2.25. The van der Waals surface area contributed by atoms with E-state index in [2.05, 4.69) is 5.32 Å². The van der Waals surface area contributed by atoms with Crippen molar-refractivity contribution in [1.82, 2.24) is 0 Å². The molecule has 0 fully saturated rings. The molecule has 1 amide bonds. The van der Waals surface area contributed by atoms with Crippen LogP contribution >= 0.6 is 0 Å². The van der Waals surface area contributed by atoms with Gasteiger partial charge >= 0.3 is 0 Å². The second-order valence-corrected chi connectivity index (χ2v) is 6.27. The van der Waals surface area contributed by atoms with Crippen LogP contribution in [0.25, 0.3) is 0 Å². The number of rotatable bonds is 6. The monoisotopic (exact) mass is 271 g/mol. The molecule has 0 saturated carbocycles. The third-order valence-electron chi connectivity index (χ3n) is 2.30. The molecule has 6 heteroatoms. The molecule has 0 aliphatic carbocycles. The molecule has 0 bridgehead atoms. The maximum atomic E-state index is 11.5. The number of benzene rings is 1. The van der Waals surface area contributed by atoms with Crippen LogP contribution < -0.4 is 5.32 Å². The lowest BCUT2D eigenvalue weighted by atomic mass is 10.2. The van der Waals surface area contributed by atoms with Crippen LogP contribution in [0.5, 0.6) is 0 Å². The van der Waals surface area contributed by atoms with Gasteiger partial charge in [0.2, 0.25) is 5.91 Å². The van der Waals surface area contributed by atoms with Crippen molar-refractivity contribution in [3.63, 3.8) is 0 Å². The fraction of sp³-hybridized carbons (Fsp3) is 0.417. The van der Waals surface area contributed by atoms with E-state index in [1.54, 1.807) is 12.1 Å². The lowest BCUT2D eigenvalue weighted by Gasteiger charge is -2.06. The van der Waals surface area contributed by atoms with E-state index in [-0.39, 0.29) is 18.8 Å². The van der Waals surface area contributed by atoms with Crippen LogP contribution in [-0.2, 0) is 14.6 Å². The molecule has 0 aliphatic heterocycles. The van der Waals surface area contributed by atoms with Gasteiger partial charge in [-0.05, 0) is 25.5 Å². The molecule has 0 radical (unpaired) electrons. The van der Waals surface area contributed by atoms with Crippen molar-refractivity contribution in [2.24, 2.45) is 0 Å². The molecular formula is C12H17NO4S. The number of hydrogen-bond donors (Lipinski definition) is 2. The van der Waals surface area contributed by atoms with Crippen LogP contribution in [0.4, 0.5) is 5.69 Å². The van der Waals surface area contributed by atoms with Crippen molar-refractivity contribution in [3.8, 4) is 0 Å². The summed E-state index contributed by atoms with van der Waals surface area (Å²) < 4.78 is 22.9. The van der Waals surface area contributed by atoms with E-state index in [1.165, 1.54) is 0 Å². The second kappa shape index (κ2) is 6.51. The highest BCUT2D eigenvalue weighted by Gasteiger charge is 2.16. The van der Waals surface area contributed by atoms with Crippen molar-refractivity contribution in [2.45, 2.75) is 13.3 Å². The van der Waals surface area contributed by atoms with Gasteiger partial charge in [0.15, 0.2) is 9.84 Å². The average Bonchev–Trinajstić information content (AvgIpc) is 2.29. The highest BCUT2D eigenvalue weighted by Crippen LogP contribution is 2.08. The van der Waals surface area contributed by atoms with Gasteiger partial charge in [-0.3, -0.25) is 4.79 Å². The number of hydrogen-bond acceptors (Lipinski definition) is 4. The topological polar surface area (TPSA) is 83.5 Å². The first-order valence-electron chi connectivity index (χ1n) is 5.61. The Bertz CT molecular complexity index is 493. The summed E-state index contributed by atoms with van der Waals surface area (Å²) in [5.41, 5.74) is 1.63. The molecule has 18 heavy (non-hydrogen) atoms. The van der Waals surface area contributed by atoms with Crippen LogP contribution in [0, 0.1) is 6.92 Å². The van der Waals surface area contributed by atoms with Crippen LogP contribution in [0.2, 0.25) is 0 Å². The first-order chi connectivity index (χ1) is 8.43. The Balaban J connectivity index is 2.54. The summed E-state index contributed by atoms with van der Waals surface area (Å²) >= 11 is 0. The first-order valence-corrected chi connectivity index (χ1v) is 7.43. The summed E-state index contributed by atoms with van der Waals surface area (Å²) in [5, 5.41) is 11.1. The quantitative estimate of drug-likeness (QED) is 0.799. The number of anilines is 1. The van der Waals surface area contributed by atoms with E-state index < -0.39 is 21.5 Å². The number of aliphatic hydroxyl groups is 1. The van der Waals surface area contributed by atoms with E-state index in [4.69, 9.17) is 5.11 Å². The molecule has 0 heterocycles. The van der Waals surface area contributed by atoms with Gasteiger partial charge in [-0.25, -0.2) is 8.42 Å². The van der Waals surface area contributed by atoms with Gasteiger partial charge in [0.05, 0.1) is 5.75 Å². The Morgan fingerprint density at radius 2 is 1.89 bits per heavy atom. The number of carbonyl (C=O) groups excluding carboxylic acids is 1. The van der Waals surface area contributed by atoms with Gasteiger partial charge in [-0.15, -0.1) is 0 Å². The van der Waals surface area contributed by atoms with Gasteiger partial charge < -0.3 is 10.4 Å². The van der Waals surface area contributed by atoms with E-state index in [0.29, 0.717) is 5.69 Å². The van der Waals surface area contributed by atoms with Crippen molar-refractivity contribution in [3.05, 3.63) is 29.8 Å². The van der Waals surface area contributed by atoms with E-state index in [9.17, 15) is 13.2 Å². The van der Waals surface area contributed by atoms with Crippen molar-refractivity contribution >= 4 is 21.4 Å². The summed E-state index contributed by atoms with van der Waals surface area (Å²) in [6, 6.07) is 7.09. The standard InChI is InChI=1S/C12H17NO4S/c1-10-3-5-11(6-4-10)13-12(15)9-18(16,17)8-2-7-14/h3-6,14H,2,7-9H2,1H3,(H,13,15). The fourth-order valence-corrected chi connectivity index (χ4v) is 2.58. The number of carbonyl (C=O) groups is 1. The number of nitrogens with one attached hydrogen (secondary N) is 1. The van der Waals surface area contributed by atoms with Crippen LogP contribution in [0.1, 0.15) is 12.0 Å². The van der Waals surface area contributed by atoms with Gasteiger partial charge in [0, 0.05) is 12.3 Å². The molecule has 0 aliphatic rings. The van der Waals surface area contributed by atoms with E-state index >= 15 is 0 Å². The third-order valence-corrected chi connectivity index (χ3v) is 3.91. The SMILES string of the molecule is Cc1ccc(NC(=O)CS(=O)(=O)CCCO)cc1. The molecule has 2 N–H and O–H groups in total. The zero-order valence-electron chi connectivity index (χ0n) is 10.2. The number of amides is 1. The van der Waals surface area contributed by atoms with Crippen molar-refractivity contribution in [2.75, 3.05) is 23.4 Å². The highest BCUT2D eigenvalue weighted by molar-refractivity contribution is 7.92. The molecule has 0 spiro atoms. The fourth-order valence-electron chi connectivity index (χ4n) is 1.39. The molecule has 5 nitrogen and oxygen atoms in total. The van der Waals surface area contributed by atoms with Gasteiger partial charge in [0.25, 0.3) is 0 Å². The normalized spacial score (nSPS) is 11.2. The maximum absolute atomic E-state index is 11.5. The minimum absolute atomic E-state index is 0.153. The summed E-state index contributed by atoms with van der Waals surface area (Å²) in [6.07, 6.45) is 0.153. The summed E-state index contributed by atoms with van der Waals surface area (Å²) in [5.74, 6) is -1.29. The molecule has 0 saturated heterocycles. The second-order valence-electron chi connectivity index (χ2n) is 4.08. The van der Waals surface area contributed by atoms with Gasteiger partial charge in [0.1, 0.15) is 5.75 Å². The first kappa shape index (κ1) is 14.7. The largest absolute Gasteiger partial charge is 0.396 e. The minimum Gasteiger partial charge on any atom is -0.396 e. The summed E-state index contributed by atoms with van der Waals surface area (Å²) in [4.78, 5) is 11.5. The van der Waals surface area contributed by atoms with Crippen molar-refractivity contribution in [1.29, 1.82) is 0 Å². The number of sulfone groups is 1. The Morgan fingerprint density at radius 1 is 1.28 bits per heavy atom. The van der Waals surface area contributed by atoms with E-state index in [1.807, 2.05) is 19.1 Å². The zero-order valence-corrected chi connectivity index (χ0v) is 11.0. The Morgan fingerprint density at radius 3 is 2.44 bits per heavy atom. The molecule has 1 aromatic carbocycles. The number of aliphatic hydroxyl groups excluding tert-OH is 1. The molecule has 0 atom stereocenters. The van der Waals surface area contributed by atoms with Gasteiger partial charge in [-0.2, -0.15) is 0 Å². The number of aryl methyl sites for hydroxylation is 1. The summed E-state index contributed by atoms with van der Waals surface area (Å²) in [7, 11) is -3.44. The van der Waals surface area contributed by atoms with E-state index in [0.717, 1.165) is 5.56 Å². The molecule has 0 unspecified atom stereocenters. The maximum Gasteiger partial charge on any atom is 0.239 e. The zero-order chi connectivity index (χ0) is 13.6. The lowest BCUT2D eigenvalue weighted by molar-refractivity contribution is -0.113. The molecule has 100 valence electrons. The smallest absolute Gasteiger partial charge is 0.239 e. The Hall–Kier alpha value is -1.40. The van der Waals surface area contributed by atoms with Crippen LogP contribution in [-0.4, -0.2) is 37.5 Å². The molecule has 1 rings (SSSR count). The summed E-state index contributed by atoms with van der Waals surface area (Å²) in [6.45, 7) is 1.73. The third kappa shape index (κ3) is 5.29. The predicted octanol–water partition coefficient (Wildman–Crippen LogP) is 0.731. The van der Waals surface area contributed by atoms with Crippen molar-refractivity contribution < 1.29 is 18.3 Å². The average molecular weight is 271 g/mol. The molecular weight excluding hydrogens is 254 g/mol. The minimum atomic E-state index is -3.44. The highest BCUT2D eigenvalue weighted by atomic mass is 32.2. The van der Waals surface area contributed by atoms with Gasteiger partial charge in [-0.1, -0.05) is 17.7 Å². The molecule has 1 aromatic rings. The Labute approximate surface area is 107 Å². The molecule has 0 aromatic heterocycles. The van der Waals surface area contributed by atoms with Crippen LogP contribution in [0.3, 0.4) is 0 Å².